The second-order valence-corrected chi connectivity index (χ2v) is 6.73. The lowest BCUT2D eigenvalue weighted by Crippen LogP contribution is -2.30. The van der Waals surface area contributed by atoms with Gasteiger partial charge in [-0.1, -0.05) is 12.1 Å². The number of carbonyl (C=O) groups excluding carboxylic acids is 2. The number of pyridine rings is 1. The van der Waals surface area contributed by atoms with Crippen molar-refractivity contribution < 1.29 is 9.59 Å². The molecule has 0 atom stereocenters. The van der Waals surface area contributed by atoms with Crippen LogP contribution in [-0.4, -0.2) is 39.6 Å². The lowest BCUT2D eigenvalue weighted by molar-refractivity contribution is -0.117. The highest BCUT2D eigenvalue weighted by molar-refractivity contribution is 5.96. The lowest BCUT2D eigenvalue weighted by atomic mass is 10.2. The van der Waals surface area contributed by atoms with Crippen molar-refractivity contribution in [3.05, 3.63) is 54.5 Å². The van der Waals surface area contributed by atoms with Gasteiger partial charge in [0.15, 0.2) is 5.65 Å². The number of nitrogens with zero attached hydrogens (tertiary/aromatic N) is 4. The minimum atomic E-state index is -0.268. The summed E-state index contributed by atoms with van der Waals surface area (Å²) in [6.45, 7) is 1.25. The monoisotopic (exact) mass is 378 g/mol. The van der Waals surface area contributed by atoms with Crippen LogP contribution < -0.4 is 15.5 Å². The number of fused-ring (bicyclic) bond motifs is 1. The summed E-state index contributed by atoms with van der Waals surface area (Å²) in [6, 6.07) is 12.9. The van der Waals surface area contributed by atoms with Crippen molar-refractivity contribution in [3.8, 4) is 0 Å². The molecule has 28 heavy (non-hydrogen) atoms. The van der Waals surface area contributed by atoms with Crippen LogP contribution in [0, 0.1) is 0 Å². The first kappa shape index (κ1) is 18.0. The molecule has 1 saturated heterocycles. The van der Waals surface area contributed by atoms with Crippen molar-refractivity contribution in [1.29, 1.82) is 0 Å². The van der Waals surface area contributed by atoms with E-state index in [1.165, 1.54) is 0 Å². The van der Waals surface area contributed by atoms with Crippen LogP contribution in [0.25, 0.3) is 5.65 Å². The Morgan fingerprint density at radius 2 is 2.07 bits per heavy atom. The second-order valence-electron chi connectivity index (χ2n) is 6.73. The summed E-state index contributed by atoms with van der Waals surface area (Å²) < 4.78 is 1.95. The van der Waals surface area contributed by atoms with Crippen LogP contribution in [0.15, 0.2) is 48.7 Å². The first-order valence-corrected chi connectivity index (χ1v) is 9.45. The first-order chi connectivity index (χ1) is 13.7. The van der Waals surface area contributed by atoms with Crippen molar-refractivity contribution in [1.82, 2.24) is 19.9 Å². The Morgan fingerprint density at radius 3 is 2.93 bits per heavy atom. The van der Waals surface area contributed by atoms with Gasteiger partial charge in [-0.3, -0.25) is 9.20 Å². The predicted molar refractivity (Wildman–Crippen MR) is 106 cm³/mol. The fourth-order valence-corrected chi connectivity index (χ4v) is 3.36. The van der Waals surface area contributed by atoms with Crippen LogP contribution in [0.2, 0.25) is 0 Å². The molecule has 2 N–H and O–H groups in total. The van der Waals surface area contributed by atoms with Crippen LogP contribution >= 0.6 is 0 Å². The van der Waals surface area contributed by atoms with Crippen molar-refractivity contribution in [2.45, 2.75) is 25.7 Å². The SMILES string of the molecule is O=C(NCCCc1nnc2ccccn12)Nc1cccc(N2CCCC2=O)c1. The fourth-order valence-electron chi connectivity index (χ4n) is 3.36. The number of hydrogen-bond acceptors (Lipinski definition) is 4. The molecule has 1 fully saturated rings. The molecule has 0 unspecified atom stereocenters. The number of carbonyl (C=O) groups is 2. The molecule has 3 amide bonds. The highest BCUT2D eigenvalue weighted by Gasteiger charge is 2.21. The quantitative estimate of drug-likeness (QED) is 0.645. The number of aryl methyl sites for hydroxylation is 1. The third kappa shape index (κ3) is 3.95. The number of hydrogen-bond donors (Lipinski definition) is 2. The maximum absolute atomic E-state index is 12.1. The van der Waals surface area contributed by atoms with Gasteiger partial charge in [-0.2, -0.15) is 0 Å². The van der Waals surface area contributed by atoms with Crippen molar-refractivity contribution in [3.63, 3.8) is 0 Å². The highest BCUT2D eigenvalue weighted by atomic mass is 16.2. The topological polar surface area (TPSA) is 91.6 Å². The fraction of sp³-hybridized carbons (Fsp3) is 0.300. The number of benzene rings is 1. The standard InChI is InChI=1S/C20H22N6O2/c27-19-10-5-13-25(19)16-7-3-6-15(14-16)22-20(28)21-11-4-9-18-24-23-17-8-1-2-12-26(17)18/h1-3,6-8,12,14H,4-5,9-11,13H2,(H2,21,22,28). The Morgan fingerprint density at radius 1 is 1.14 bits per heavy atom. The normalized spacial score (nSPS) is 13.9. The van der Waals surface area contributed by atoms with E-state index in [9.17, 15) is 9.59 Å². The highest BCUT2D eigenvalue weighted by Crippen LogP contribution is 2.24. The van der Waals surface area contributed by atoms with E-state index in [2.05, 4.69) is 20.8 Å². The maximum atomic E-state index is 12.1. The number of aromatic nitrogens is 3. The van der Waals surface area contributed by atoms with E-state index < -0.39 is 0 Å². The van der Waals surface area contributed by atoms with Gasteiger partial charge >= 0.3 is 6.03 Å². The van der Waals surface area contributed by atoms with E-state index in [1.807, 2.05) is 53.1 Å². The van der Waals surface area contributed by atoms with E-state index in [-0.39, 0.29) is 11.9 Å². The number of nitrogens with one attached hydrogen (secondary N) is 2. The van der Waals surface area contributed by atoms with Gasteiger partial charge in [0.05, 0.1) is 0 Å². The molecule has 8 nitrogen and oxygen atoms in total. The molecule has 4 rings (SSSR count). The third-order valence-electron chi connectivity index (χ3n) is 4.74. The van der Waals surface area contributed by atoms with Gasteiger partial charge in [-0.05, 0) is 43.2 Å². The zero-order chi connectivity index (χ0) is 19.3. The second kappa shape index (κ2) is 8.08. The molecule has 2 aromatic heterocycles. The molecule has 0 saturated carbocycles. The minimum Gasteiger partial charge on any atom is -0.338 e. The summed E-state index contributed by atoms with van der Waals surface area (Å²) in [5, 5.41) is 14.0. The molecular formula is C20H22N6O2. The van der Waals surface area contributed by atoms with Crippen molar-refractivity contribution in [2.75, 3.05) is 23.3 Å². The summed E-state index contributed by atoms with van der Waals surface area (Å²) >= 11 is 0. The van der Waals surface area contributed by atoms with Crippen molar-refractivity contribution in [2.24, 2.45) is 0 Å². The zero-order valence-electron chi connectivity index (χ0n) is 15.5. The Hall–Kier alpha value is -3.42. The Labute approximate surface area is 162 Å². The van der Waals surface area contributed by atoms with Gasteiger partial charge in [0.25, 0.3) is 0 Å². The van der Waals surface area contributed by atoms with Crippen LogP contribution in [0.4, 0.5) is 16.2 Å². The summed E-state index contributed by atoms with van der Waals surface area (Å²) in [6.07, 6.45) is 4.87. The van der Waals surface area contributed by atoms with Gasteiger partial charge in [0.2, 0.25) is 5.91 Å². The van der Waals surface area contributed by atoms with Crippen LogP contribution in [0.1, 0.15) is 25.1 Å². The number of rotatable bonds is 6. The zero-order valence-corrected chi connectivity index (χ0v) is 15.5. The molecule has 144 valence electrons. The van der Waals surface area contributed by atoms with Crippen LogP contribution in [-0.2, 0) is 11.2 Å². The van der Waals surface area contributed by atoms with Gasteiger partial charge in [-0.15, -0.1) is 10.2 Å². The number of anilines is 2. The van der Waals surface area contributed by atoms with E-state index in [4.69, 9.17) is 0 Å². The summed E-state index contributed by atoms with van der Waals surface area (Å²) in [7, 11) is 0. The molecule has 0 spiro atoms. The molecule has 3 aromatic rings. The van der Waals surface area contributed by atoms with E-state index >= 15 is 0 Å². The Balaban J connectivity index is 1.26. The average Bonchev–Trinajstić information content (AvgIpc) is 3.32. The molecule has 1 aliphatic rings. The van der Waals surface area contributed by atoms with E-state index in [1.54, 1.807) is 4.90 Å². The molecule has 8 heteroatoms. The molecule has 1 aliphatic heterocycles. The Kier molecular flexibility index (Phi) is 5.18. The average molecular weight is 378 g/mol. The van der Waals surface area contributed by atoms with Gasteiger partial charge in [0.1, 0.15) is 5.82 Å². The van der Waals surface area contributed by atoms with Crippen LogP contribution in [0.5, 0.6) is 0 Å². The van der Waals surface area contributed by atoms with E-state index in [0.717, 1.165) is 43.0 Å². The molecule has 1 aromatic carbocycles. The van der Waals surface area contributed by atoms with Gasteiger partial charge < -0.3 is 15.5 Å². The first-order valence-electron chi connectivity index (χ1n) is 9.45. The number of amides is 3. The minimum absolute atomic E-state index is 0.127. The largest absolute Gasteiger partial charge is 0.338 e. The maximum Gasteiger partial charge on any atom is 0.319 e. The summed E-state index contributed by atoms with van der Waals surface area (Å²) in [5.74, 6) is 1.00. The van der Waals surface area contributed by atoms with Crippen molar-refractivity contribution >= 4 is 29.0 Å². The summed E-state index contributed by atoms with van der Waals surface area (Å²) in [4.78, 5) is 25.8. The molecule has 0 bridgehead atoms. The summed E-state index contributed by atoms with van der Waals surface area (Å²) in [5.41, 5.74) is 2.30. The molecular weight excluding hydrogens is 356 g/mol. The third-order valence-corrected chi connectivity index (χ3v) is 4.74. The van der Waals surface area contributed by atoms with E-state index in [0.29, 0.717) is 18.7 Å². The van der Waals surface area contributed by atoms with Crippen LogP contribution in [0.3, 0.4) is 0 Å². The molecule has 3 heterocycles. The molecule has 0 aliphatic carbocycles. The lowest BCUT2D eigenvalue weighted by Gasteiger charge is -2.17. The van der Waals surface area contributed by atoms with Gasteiger partial charge in [0, 0.05) is 43.5 Å². The predicted octanol–water partition coefficient (Wildman–Crippen LogP) is 2.61. The smallest absolute Gasteiger partial charge is 0.319 e. The molecule has 0 radical (unpaired) electrons. The number of urea groups is 1. The Bertz CT molecular complexity index is 999. The van der Waals surface area contributed by atoms with Gasteiger partial charge in [-0.25, -0.2) is 4.79 Å².